The summed E-state index contributed by atoms with van der Waals surface area (Å²) in [6, 6.07) is 1.85. The number of carbonyl (C=O) groups excluding carboxylic acids is 2. The van der Waals surface area contributed by atoms with Gasteiger partial charge in [-0.05, 0) is 31.7 Å². The number of rotatable bonds is 3. The molecule has 0 radical (unpaired) electrons. The largest absolute Gasteiger partial charge is 0.356 e. The predicted octanol–water partition coefficient (Wildman–Crippen LogP) is 2.97. The van der Waals surface area contributed by atoms with E-state index in [1.807, 2.05) is 4.90 Å². The summed E-state index contributed by atoms with van der Waals surface area (Å²) < 4.78 is 0. The lowest BCUT2D eigenvalue weighted by atomic mass is 9.88. The summed E-state index contributed by atoms with van der Waals surface area (Å²) in [5.41, 5.74) is 0.527. The van der Waals surface area contributed by atoms with Gasteiger partial charge in [0.25, 0.3) is 5.91 Å². The number of piperidine rings is 1. The Morgan fingerprint density at radius 2 is 1.83 bits per heavy atom. The Bertz CT molecular complexity index is 558. The molecule has 0 atom stereocenters. The molecule has 0 aromatic carbocycles. The highest BCUT2D eigenvalue weighted by molar-refractivity contribution is 6.30. The molecule has 1 aromatic heterocycles. The molecule has 1 saturated carbocycles. The third-order valence-corrected chi connectivity index (χ3v) is 5.20. The molecule has 1 aliphatic carbocycles. The average Bonchev–Trinajstić information content (AvgIpc) is 3.02. The van der Waals surface area contributed by atoms with E-state index in [-0.39, 0.29) is 23.8 Å². The molecule has 2 aliphatic rings. The molecule has 1 aromatic rings. The Morgan fingerprint density at radius 3 is 2.43 bits per heavy atom. The number of nitrogens with one attached hydrogen (secondary N) is 2. The van der Waals surface area contributed by atoms with E-state index in [2.05, 4.69) is 10.3 Å². The van der Waals surface area contributed by atoms with Crippen LogP contribution in [-0.4, -0.2) is 40.8 Å². The maximum Gasteiger partial charge on any atom is 0.270 e. The van der Waals surface area contributed by atoms with Crippen molar-refractivity contribution in [2.24, 2.45) is 5.92 Å². The molecular weight excluding hydrogens is 314 g/mol. The van der Waals surface area contributed by atoms with Crippen LogP contribution in [0.3, 0.4) is 0 Å². The third kappa shape index (κ3) is 4.08. The molecule has 1 saturated heterocycles. The van der Waals surface area contributed by atoms with E-state index < -0.39 is 0 Å². The van der Waals surface area contributed by atoms with Gasteiger partial charge < -0.3 is 15.2 Å². The van der Waals surface area contributed by atoms with E-state index in [9.17, 15) is 9.59 Å². The molecule has 2 fully saturated rings. The molecule has 5 nitrogen and oxygen atoms in total. The first kappa shape index (κ1) is 16.4. The molecule has 1 aliphatic heterocycles. The van der Waals surface area contributed by atoms with Crippen LogP contribution in [0.25, 0.3) is 0 Å². The summed E-state index contributed by atoms with van der Waals surface area (Å²) in [5, 5.41) is 3.73. The van der Waals surface area contributed by atoms with E-state index >= 15 is 0 Å². The van der Waals surface area contributed by atoms with Crippen molar-refractivity contribution < 1.29 is 9.59 Å². The minimum absolute atomic E-state index is 0.0195. The van der Waals surface area contributed by atoms with Crippen molar-refractivity contribution in [2.75, 3.05) is 13.1 Å². The van der Waals surface area contributed by atoms with Gasteiger partial charge in [-0.25, -0.2) is 0 Å². The standard InChI is InChI=1S/C17H24ClN3O2/c18-13-10-15(19-11-13)17(23)21-8-6-14(7-9-21)20-16(22)12-4-2-1-3-5-12/h10-12,14,19H,1-9H2,(H,20,22). The highest BCUT2D eigenvalue weighted by atomic mass is 35.5. The number of amides is 2. The maximum absolute atomic E-state index is 12.3. The second-order valence-corrected chi connectivity index (χ2v) is 7.08. The van der Waals surface area contributed by atoms with Gasteiger partial charge in [0.1, 0.15) is 5.69 Å². The van der Waals surface area contributed by atoms with Crippen molar-refractivity contribution >= 4 is 23.4 Å². The SMILES string of the molecule is O=C(NC1CCN(C(=O)c2cc(Cl)c[nH]2)CC1)C1CCCCC1. The number of hydrogen-bond donors (Lipinski definition) is 2. The molecule has 2 N–H and O–H groups in total. The van der Waals surface area contributed by atoms with E-state index in [0.717, 1.165) is 25.7 Å². The zero-order chi connectivity index (χ0) is 16.2. The number of likely N-dealkylation sites (tertiary alicyclic amines) is 1. The van der Waals surface area contributed by atoms with Gasteiger partial charge in [0.2, 0.25) is 5.91 Å². The van der Waals surface area contributed by atoms with Gasteiger partial charge in [-0.15, -0.1) is 0 Å². The lowest BCUT2D eigenvalue weighted by Gasteiger charge is -2.33. The fourth-order valence-corrected chi connectivity index (χ4v) is 3.74. The molecule has 2 amide bonds. The second kappa shape index (κ2) is 7.39. The van der Waals surface area contributed by atoms with E-state index in [0.29, 0.717) is 23.8 Å². The molecule has 6 heteroatoms. The third-order valence-electron chi connectivity index (χ3n) is 4.98. The van der Waals surface area contributed by atoms with Crippen LogP contribution >= 0.6 is 11.6 Å². The van der Waals surface area contributed by atoms with Crippen LogP contribution in [-0.2, 0) is 4.79 Å². The van der Waals surface area contributed by atoms with Crippen molar-refractivity contribution in [1.29, 1.82) is 0 Å². The monoisotopic (exact) mass is 337 g/mol. The summed E-state index contributed by atoms with van der Waals surface area (Å²) in [6.07, 6.45) is 8.90. The lowest BCUT2D eigenvalue weighted by Crippen LogP contribution is -2.48. The van der Waals surface area contributed by atoms with Crippen LogP contribution in [0.15, 0.2) is 12.3 Å². The molecule has 23 heavy (non-hydrogen) atoms. The van der Waals surface area contributed by atoms with Crippen LogP contribution in [0.5, 0.6) is 0 Å². The number of nitrogens with zero attached hydrogens (tertiary/aromatic N) is 1. The number of carbonyl (C=O) groups is 2. The van der Waals surface area contributed by atoms with Gasteiger partial charge in [0.05, 0.1) is 5.02 Å². The number of aromatic nitrogens is 1. The van der Waals surface area contributed by atoms with Crippen molar-refractivity contribution in [3.63, 3.8) is 0 Å². The van der Waals surface area contributed by atoms with Gasteiger partial charge in [-0.2, -0.15) is 0 Å². The van der Waals surface area contributed by atoms with Crippen LogP contribution in [0.4, 0.5) is 0 Å². The second-order valence-electron chi connectivity index (χ2n) is 6.64. The summed E-state index contributed by atoms with van der Waals surface area (Å²) in [7, 11) is 0. The van der Waals surface area contributed by atoms with E-state index in [1.165, 1.54) is 19.3 Å². The van der Waals surface area contributed by atoms with Gasteiger partial charge in [-0.1, -0.05) is 30.9 Å². The van der Waals surface area contributed by atoms with Gasteiger partial charge in [-0.3, -0.25) is 9.59 Å². The normalized spacial score (nSPS) is 20.5. The Labute approximate surface area is 141 Å². The minimum Gasteiger partial charge on any atom is -0.356 e. The van der Waals surface area contributed by atoms with Crippen LogP contribution < -0.4 is 5.32 Å². The summed E-state index contributed by atoms with van der Waals surface area (Å²) in [6.45, 7) is 1.34. The Morgan fingerprint density at radius 1 is 1.13 bits per heavy atom. The number of hydrogen-bond acceptors (Lipinski definition) is 2. The highest BCUT2D eigenvalue weighted by Crippen LogP contribution is 2.24. The smallest absolute Gasteiger partial charge is 0.270 e. The van der Waals surface area contributed by atoms with Crippen LogP contribution in [0, 0.1) is 5.92 Å². The molecule has 0 bridgehead atoms. The molecule has 2 heterocycles. The summed E-state index contributed by atoms with van der Waals surface area (Å²) in [5.74, 6) is 0.393. The topological polar surface area (TPSA) is 65.2 Å². The first-order chi connectivity index (χ1) is 11.1. The van der Waals surface area contributed by atoms with Crippen LogP contribution in [0.1, 0.15) is 55.4 Å². The van der Waals surface area contributed by atoms with Gasteiger partial charge in [0, 0.05) is 31.2 Å². The molecule has 126 valence electrons. The van der Waals surface area contributed by atoms with Crippen LogP contribution in [0.2, 0.25) is 5.02 Å². The molecule has 0 spiro atoms. The summed E-state index contributed by atoms with van der Waals surface area (Å²) in [4.78, 5) is 29.4. The predicted molar refractivity (Wildman–Crippen MR) is 89.4 cm³/mol. The average molecular weight is 338 g/mol. The fourth-order valence-electron chi connectivity index (χ4n) is 3.57. The first-order valence-corrected chi connectivity index (χ1v) is 8.95. The molecule has 3 rings (SSSR count). The lowest BCUT2D eigenvalue weighted by molar-refractivity contribution is -0.126. The van der Waals surface area contributed by atoms with E-state index in [1.54, 1.807) is 12.3 Å². The zero-order valence-corrected chi connectivity index (χ0v) is 14.1. The van der Waals surface area contributed by atoms with Crippen molar-refractivity contribution in [3.8, 4) is 0 Å². The summed E-state index contributed by atoms with van der Waals surface area (Å²) >= 11 is 5.85. The highest BCUT2D eigenvalue weighted by Gasteiger charge is 2.28. The minimum atomic E-state index is -0.0195. The Hall–Kier alpha value is -1.49. The zero-order valence-electron chi connectivity index (χ0n) is 13.3. The fraction of sp³-hybridized carbons (Fsp3) is 0.647. The number of halogens is 1. The van der Waals surface area contributed by atoms with Crippen molar-refractivity contribution in [2.45, 2.75) is 51.0 Å². The number of H-pyrrole nitrogens is 1. The van der Waals surface area contributed by atoms with Crippen molar-refractivity contribution in [1.82, 2.24) is 15.2 Å². The number of aromatic amines is 1. The molecular formula is C17H24ClN3O2. The van der Waals surface area contributed by atoms with Crippen molar-refractivity contribution in [3.05, 3.63) is 23.0 Å². The molecule has 0 unspecified atom stereocenters. The Balaban J connectivity index is 1.46. The Kier molecular flexibility index (Phi) is 5.26. The quantitative estimate of drug-likeness (QED) is 0.890. The maximum atomic E-state index is 12.3. The van der Waals surface area contributed by atoms with Gasteiger partial charge in [0.15, 0.2) is 0 Å². The van der Waals surface area contributed by atoms with E-state index in [4.69, 9.17) is 11.6 Å². The van der Waals surface area contributed by atoms with Gasteiger partial charge >= 0.3 is 0 Å². The first-order valence-electron chi connectivity index (χ1n) is 8.57.